The van der Waals surface area contributed by atoms with Crippen LogP contribution in [0.25, 0.3) is 0 Å². The molecule has 6 nitrogen and oxygen atoms in total. The molecule has 0 radical (unpaired) electrons. The van der Waals surface area contributed by atoms with Gasteiger partial charge in [0.1, 0.15) is 0 Å². The van der Waals surface area contributed by atoms with Crippen LogP contribution in [0.3, 0.4) is 0 Å². The third kappa shape index (κ3) is 5.01. The first-order chi connectivity index (χ1) is 13.4. The minimum absolute atomic E-state index is 0.0670. The Kier molecular flexibility index (Phi) is 6.91. The highest BCUT2D eigenvalue weighted by Gasteiger charge is 2.25. The number of likely N-dealkylation sites (N-methyl/N-ethyl adjacent to an activating group) is 2. The molecular formula is C21H32N4O2S. The molecule has 0 saturated carbocycles. The molecule has 1 atom stereocenters. The van der Waals surface area contributed by atoms with E-state index in [4.69, 9.17) is 0 Å². The summed E-state index contributed by atoms with van der Waals surface area (Å²) in [5.74, 6) is 0.0670. The van der Waals surface area contributed by atoms with Gasteiger partial charge in [-0.05, 0) is 45.5 Å². The Hall–Kier alpha value is -1.70. The van der Waals surface area contributed by atoms with Crippen LogP contribution in [0.2, 0.25) is 0 Å². The Morgan fingerprint density at radius 2 is 2.00 bits per heavy atom. The lowest BCUT2D eigenvalue weighted by Crippen LogP contribution is -2.36. The van der Waals surface area contributed by atoms with E-state index in [1.54, 1.807) is 13.1 Å². The number of imidazole rings is 1. The van der Waals surface area contributed by atoms with Gasteiger partial charge >= 0.3 is 0 Å². The lowest BCUT2D eigenvalue weighted by molar-refractivity contribution is 0.212. The standard InChI is InChI=1S/C21H32N4O2S/c1-4-28(26,27)21-22-15-20(17-23(2)16-19-11-8-13-24(19)3)25(21)14-12-18-9-6-5-7-10-18/h5-7,9-10,15,19H,4,8,11-14,16-17H2,1-3H3/t19-/m1/s1. The van der Waals surface area contributed by atoms with Crippen molar-refractivity contribution in [2.75, 3.05) is 32.9 Å². The predicted molar refractivity (Wildman–Crippen MR) is 112 cm³/mol. The highest BCUT2D eigenvalue weighted by molar-refractivity contribution is 7.91. The van der Waals surface area contributed by atoms with Gasteiger partial charge in [0.15, 0.2) is 0 Å². The number of sulfone groups is 1. The number of aryl methyl sites for hydroxylation is 1. The summed E-state index contributed by atoms with van der Waals surface area (Å²) in [6.45, 7) is 5.13. The molecule has 2 heterocycles. The number of likely N-dealkylation sites (tertiary alicyclic amines) is 1. The van der Waals surface area contributed by atoms with E-state index in [0.717, 1.165) is 25.2 Å². The molecule has 2 aromatic rings. The smallest absolute Gasteiger partial charge is 0.227 e. The zero-order chi connectivity index (χ0) is 20.1. The molecule has 1 fully saturated rings. The molecule has 28 heavy (non-hydrogen) atoms. The maximum atomic E-state index is 12.6. The summed E-state index contributed by atoms with van der Waals surface area (Å²) in [4.78, 5) is 9.00. The highest BCUT2D eigenvalue weighted by atomic mass is 32.2. The maximum absolute atomic E-state index is 12.6. The molecule has 0 unspecified atom stereocenters. The summed E-state index contributed by atoms with van der Waals surface area (Å²) < 4.78 is 27.0. The first-order valence-corrected chi connectivity index (χ1v) is 11.8. The summed E-state index contributed by atoms with van der Waals surface area (Å²) in [6, 6.07) is 10.7. The van der Waals surface area contributed by atoms with Gasteiger partial charge in [-0.25, -0.2) is 13.4 Å². The highest BCUT2D eigenvalue weighted by Crippen LogP contribution is 2.19. The molecule has 3 rings (SSSR count). The Labute approximate surface area is 169 Å². The van der Waals surface area contributed by atoms with E-state index < -0.39 is 9.84 Å². The van der Waals surface area contributed by atoms with Crippen molar-refractivity contribution in [2.24, 2.45) is 0 Å². The van der Waals surface area contributed by atoms with E-state index in [0.29, 0.717) is 19.1 Å². The largest absolute Gasteiger partial charge is 0.317 e. The molecule has 1 aliphatic rings. The van der Waals surface area contributed by atoms with Crippen molar-refractivity contribution in [1.29, 1.82) is 0 Å². The zero-order valence-corrected chi connectivity index (χ0v) is 18.0. The van der Waals surface area contributed by atoms with E-state index in [1.807, 2.05) is 22.8 Å². The average molecular weight is 405 g/mol. The average Bonchev–Trinajstić information content (AvgIpc) is 3.27. The first kappa shape index (κ1) is 21.0. The van der Waals surface area contributed by atoms with Crippen molar-refractivity contribution in [3.05, 3.63) is 47.8 Å². The quantitative estimate of drug-likeness (QED) is 0.643. The van der Waals surface area contributed by atoms with Crippen molar-refractivity contribution in [3.63, 3.8) is 0 Å². The molecule has 0 aliphatic carbocycles. The van der Waals surface area contributed by atoms with Gasteiger partial charge in [0.05, 0.1) is 17.6 Å². The number of hydrogen-bond donors (Lipinski definition) is 0. The molecule has 1 saturated heterocycles. The SMILES string of the molecule is CCS(=O)(=O)c1ncc(CN(C)C[C@H]2CCCN2C)n1CCc1ccccc1. The molecule has 7 heteroatoms. The van der Waals surface area contributed by atoms with Crippen LogP contribution in [0.1, 0.15) is 31.0 Å². The van der Waals surface area contributed by atoms with Crippen molar-refractivity contribution in [1.82, 2.24) is 19.4 Å². The van der Waals surface area contributed by atoms with Crippen molar-refractivity contribution >= 4 is 9.84 Å². The Morgan fingerprint density at radius 1 is 1.25 bits per heavy atom. The van der Waals surface area contributed by atoms with E-state index in [-0.39, 0.29) is 10.9 Å². The fourth-order valence-electron chi connectivity index (χ4n) is 3.93. The van der Waals surface area contributed by atoms with E-state index in [2.05, 4.69) is 41.0 Å². The molecule has 0 N–H and O–H groups in total. The zero-order valence-electron chi connectivity index (χ0n) is 17.2. The maximum Gasteiger partial charge on any atom is 0.227 e. The summed E-state index contributed by atoms with van der Waals surface area (Å²) in [7, 11) is 0.934. The third-order valence-corrected chi connectivity index (χ3v) is 7.29. The second-order valence-corrected chi connectivity index (χ2v) is 9.97. The van der Waals surface area contributed by atoms with Gasteiger partial charge in [0.25, 0.3) is 0 Å². The third-order valence-electron chi connectivity index (χ3n) is 5.65. The molecule has 0 spiro atoms. The molecule has 154 valence electrons. The van der Waals surface area contributed by atoms with E-state index in [1.165, 1.54) is 18.4 Å². The minimum atomic E-state index is -3.35. The van der Waals surface area contributed by atoms with Gasteiger partial charge in [-0.1, -0.05) is 37.3 Å². The monoisotopic (exact) mass is 404 g/mol. The van der Waals surface area contributed by atoms with Gasteiger partial charge < -0.3 is 9.47 Å². The van der Waals surface area contributed by atoms with Crippen LogP contribution < -0.4 is 0 Å². The Morgan fingerprint density at radius 3 is 2.64 bits per heavy atom. The number of nitrogens with zero attached hydrogens (tertiary/aromatic N) is 4. The summed E-state index contributed by atoms with van der Waals surface area (Å²) in [6.07, 6.45) is 5.00. The van der Waals surface area contributed by atoms with Gasteiger partial charge in [0.2, 0.25) is 15.0 Å². The molecule has 1 aromatic heterocycles. The van der Waals surface area contributed by atoms with Crippen molar-refractivity contribution < 1.29 is 8.42 Å². The lowest BCUT2D eigenvalue weighted by atomic mass is 10.1. The van der Waals surface area contributed by atoms with Crippen LogP contribution in [0.4, 0.5) is 0 Å². The summed E-state index contributed by atoms with van der Waals surface area (Å²) >= 11 is 0. The molecule has 1 aromatic carbocycles. The molecule has 0 amide bonds. The van der Waals surface area contributed by atoms with Gasteiger partial charge in [0, 0.05) is 25.7 Å². The number of aromatic nitrogens is 2. The van der Waals surface area contributed by atoms with Crippen LogP contribution in [0, 0.1) is 0 Å². The van der Waals surface area contributed by atoms with Crippen molar-refractivity contribution in [3.8, 4) is 0 Å². The lowest BCUT2D eigenvalue weighted by Gasteiger charge is -2.26. The van der Waals surface area contributed by atoms with E-state index >= 15 is 0 Å². The molecular weight excluding hydrogens is 372 g/mol. The second kappa shape index (κ2) is 9.20. The van der Waals surface area contributed by atoms with Crippen LogP contribution in [0.5, 0.6) is 0 Å². The second-order valence-electron chi connectivity index (χ2n) is 7.80. The van der Waals surface area contributed by atoms with Crippen LogP contribution in [-0.4, -0.2) is 66.7 Å². The van der Waals surface area contributed by atoms with Gasteiger partial charge in [-0.15, -0.1) is 0 Å². The van der Waals surface area contributed by atoms with Crippen LogP contribution in [0.15, 0.2) is 41.7 Å². The summed E-state index contributed by atoms with van der Waals surface area (Å²) in [5, 5.41) is 0.201. The van der Waals surface area contributed by atoms with E-state index in [9.17, 15) is 8.42 Å². The number of benzene rings is 1. The fraction of sp³-hybridized carbons (Fsp3) is 0.571. The van der Waals surface area contributed by atoms with Crippen LogP contribution in [-0.2, 0) is 29.3 Å². The number of hydrogen-bond acceptors (Lipinski definition) is 5. The molecule has 0 bridgehead atoms. The van der Waals surface area contributed by atoms with Crippen LogP contribution >= 0.6 is 0 Å². The molecule has 1 aliphatic heterocycles. The normalized spacial score (nSPS) is 18.2. The number of rotatable bonds is 9. The van der Waals surface area contributed by atoms with Gasteiger partial charge in [-0.3, -0.25) is 4.90 Å². The topological polar surface area (TPSA) is 58.4 Å². The van der Waals surface area contributed by atoms with Crippen molar-refractivity contribution in [2.45, 2.75) is 50.5 Å². The Bertz CT molecular complexity index is 864. The Balaban J connectivity index is 1.77. The first-order valence-electron chi connectivity index (χ1n) is 10.1. The predicted octanol–water partition coefficient (Wildman–Crippen LogP) is 2.45. The minimum Gasteiger partial charge on any atom is -0.317 e. The summed E-state index contributed by atoms with van der Waals surface area (Å²) in [5.41, 5.74) is 2.16. The van der Waals surface area contributed by atoms with Gasteiger partial charge in [-0.2, -0.15) is 0 Å². The fourth-order valence-corrected chi connectivity index (χ4v) is 4.95.